The molecule has 0 spiro atoms. The summed E-state index contributed by atoms with van der Waals surface area (Å²) in [6, 6.07) is 0. The van der Waals surface area contributed by atoms with Crippen molar-refractivity contribution in [1.82, 2.24) is 0 Å². The molecule has 0 fully saturated rings. The van der Waals surface area contributed by atoms with Crippen LogP contribution in [0.1, 0.15) is 34.1 Å². The molecule has 0 aromatic rings. The fourth-order valence-electron chi connectivity index (χ4n) is 1.40. The second-order valence-electron chi connectivity index (χ2n) is 4.84. The van der Waals surface area contributed by atoms with E-state index >= 15 is 0 Å². The number of hydrogen-bond acceptors (Lipinski definition) is 1. The van der Waals surface area contributed by atoms with E-state index < -0.39 is 0 Å². The van der Waals surface area contributed by atoms with Crippen molar-refractivity contribution in [3.05, 3.63) is 48.6 Å². The molecule has 0 N–H and O–H groups in total. The molecule has 1 nitrogen and oxygen atoms in total. The van der Waals surface area contributed by atoms with E-state index in [1.807, 2.05) is 45.9 Å². The Morgan fingerprint density at radius 1 is 1.31 bits per heavy atom. The molecule has 0 heterocycles. The molecule has 0 unspecified atom stereocenters. The third kappa shape index (κ3) is 4.92. The van der Waals surface area contributed by atoms with Gasteiger partial charge in [0.15, 0.2) is 5.78 Å². The van der Waals surface area contributed by atoms with E-state index in [-0.39, 0.29) is 11.2 Å². The minimum atomic E-state index is -0.355. The molecule has 0 rings (SSSR count). The van der Waals surface area contributed by atoms with Crippen LogP contribution >= 0.6 is 0 Å². The van der Waals surface area contributed by atoms with E-state index in [0.29, 0.717) is 12.0 Å². The summed E-state index contributed by atoms with van der Waals surface area (Å²) in [4.78, 5) is 11.9. The Bertz CT molecular complexity index is 335. The molecule has 0 radical (unpaired) electrons. The van der Waals surface area contributed by atoms with Gasteiger partial charge in [0.25, 0.3) is 0 Å². The summed E-state index contributed by atoms with van der Waals surface area (Å²) in [7, 11) is 0. The van der Waals surface area contributed by atoms with Gasteiger partial charge in [0.2, 0.25) is 0 Å². The summed E-state index contributed by atoms with van der Waals surface area (Å²) in [5, 5.41) is 0. The van der Waals surface area contributed by atoms with Crippen molar-refractivity contribution in [3.63, 3.8) is 0 Å². The normalized spacial score (nSPS) is 12.9. The van der Waals surface area contributed by atoms with Crippen LogP contribution in [0.15, 0.2) is 48.6 Å². The molecule has 0 saturated carbocycles. The maximum Gasteiger partial charge on any atom is 0.163 e. The van der Waals surface area contributed by atoms with E-state index in [4.69, 9.17) is 0 Å². The largest absolute Gasteiger partial charge is 0.294 e. The second-order valence-corrected chi connectivity index (χ2v) is 4.84. The summed E-state index contributed by atoms with van der Waals surface area (Å²) in [5.74, 6) is 0.118. The molecule has 1 heteroatoms. The highest BCUT2D eigenvalue weighted by atomic mass is 16.1. The second kappa shape index (κ2) is 6.26. The van der Waals surface area contributed by atoms with Gasteiger partial charge in [-0.1, -0.05) is 58.2 Å². The smallest absolute Gasteiger partial charge is 0.163 e. The lowest BCUT2D eigenvalue weighted by atomic mass is 9.84. The molecule has 0 atom stereocenters. The number of carbonyl (C=O) groups is 1. The first kappa shape index (κ1) is 14.6. The van der Waals surface area contributed by atoms with E-state index in [0.717, 1.165) is 5.57 Å². The Kier molecular flexibility index (Phi) is 5.73. The maximum atomic E-state index is 11.9. The maximum absolute atomic E-state index is 11.9. The SMILES string of the molecule is C=CC=C(C=CC)CC(=C)C(=O)C(C)(C)C. The number of allylic oxidation sites excluding steroid dienone is 6. The van der Waals surface area contributed by atoms with E-state index in [1.54, 1.807) is 6.08 Å². The molecular weight excluding hydrogens is 196 g/mol. The fourth-order valence-corrected chi connectivity index (χ4v) is 1.40. The predicted molar refractivity (Wildman–Crippen MR) is 71.3 cm³/mol. The van der Waals surface area contributed by atoms with Crippen LogP contribution in [0.25, 0.3) is 0 Å². The summed E-state index contributed by atoms with van der Waals surface area (Å²) in [5.41, 5.74) is 1.35. The zero-order chi connectivity index (χ0) is 12.8. The first-order valence-electron chi connectivity index (χ1n) is 5.49. The van der Waals surface area contributed by atoms with Crippen molar-refractivity contribution >= 4 is 5.78 Å². The van der Waals surface area contributed by atoms with Crippen LogP contribution in [-0.4, -0.2) is 5.78 Å². The van der Waals surface area contributed by atoms with Crippen molar-refractivity contribution < 1.29 is 4.79 Å². The molecule has 0 bridgehead atoms. The summed E-state index contributed by atoms with van der Waals surface area (Å²) < 4.78 is 0. The van der Waals surface area contributed by atoms with Gasteiger partial charge in [-0.25, -0.2) is 0 Å². The molecule has 0 aromatic heterocycles. The van der Waals surface area contributed by atoms with Crippen molar-refractivity contribution in [2.75, 3.05) is 0 Å². The van der Waals surface area contributed by atoms with Crippen LogP contribution in [0.2, 0.25) is 0 Å². The van der Waals surface area contributed by atoms with Gasteiger partial charge >= 0.3 is 0 Å². The van der Waals surface area contributed by atoms with Crippen LogP contribution in [0.3, 0.4) is 0 Å². The highest BCUT2D eigenvalue weighted by Gasteiger charge is 2.23. The summed E-state index contributed by atoms with van der Waals surface area (Å²) in [6.45, 7) is 15.2. The highest BCUT2D eigenvalue weighted by Crippen LogP contribution is 2.23. The Balaban J connectivity index is 4.73. The average Bonchev–Trinajstić information content (AvgIpc) is 2.15. The quantitative estimate of drug-likeness (QED) is 0.498. The van der Waals surface area contributed by atoms with Crippen LogP contribution in [-0.2, 0) is 4.79 Å². The number of carbonyl (C=O) groups excluding carboxylic acids is 1. The Labute approximate surface area is 99.3 Å². The van der Waals surface area contributed by atoms with Gasteiger partial charge in [0.05, 0.1) is 0 Å². The first-order valence-corrected chi connectivity index (χ1v) is 5.49. The van der Waals surface area contributed by atoms with E-state index in [9.17, 15) is 4.79 Å². The van der Waals surface area contributed by atoms with E-state index in [2.05, 4.69) is 13.2 Å². The zero-order valence-electron chi connectivity index (χ0n) is 10.8. The van der Waals surface area contributed by atoms with Gasteiger partial charge in [0.1, 0.15) is 0 Å². The molecule has 0 aliphatic carbocycles. The molecule has 0 aromatic carbocycles. The number of Topliss-reactive ketones (excluding diaryl/α,β-unsaturated/α-hetero) is 1. The zero-order valence-corrected chi connectivity index (χ0v) is 10.8. The van der Waals surface area contributed by atoms with Gasteiger partial charge in [-0.15, -0.1) is 0 Å². The minimum absolute atomic E-state index is 0.118. The lowest BCUT2D eigenvalue weighted by Gasteiger charge is -2.18. The third-order valence-electron chi connectivity index (χ3n) is 2.13. The van der Waals surface area contributed by atoms with Crippen molar-refractivity contribution in [1.29, 1.82) is 0 Å². The summed E-state index contributed by atoms with van der Waals surface area (Å²) >= 11 is 0. The van der Waals surface area contributed by atoms with Crippen molar-refractivity contribution in [3.8, 4) is 0 Å². The number of ketones is 1. The Morgan fingerprint density at radius 3 is 2.25 bits per heavy atom. The standard InChI is InChI=1S/C15H22O/c1-7-9-13(10-8-2)11-12(3)14(16)15(4,5)6/h7-10H,1,3,11H2,2,4-6H3. The fraction of sp³-hybridized carbons (Fsp3) is 0.400. The van der Waals surface area contributed by atoms with Crippen LogP contribution < -0.4 is 0 Å². The lowest BCUT2D eigenvalue weighted by molar-refractivity contribution is -0.122. The number of rotatable bonds is 5. The van der Waals surface area contributed by atoms with Crippen molar-refractivity contribution in [2.45, 2.75) is 34.1 Å². The molecule has 0 saturated heterocycles. The topological polar surface area (TPSA) is 17.1 Å². The molecule has 0 aliphatic rings. The Hall–Kier alpha value is -1.37. The van der Waals surface area contributed by atoms with Gasteiger partial charge in [-0.05, 0) is 18.1 Å². The highest BCUT2D eigenvalue weighted by molar-refractivity contribution is 5.99. The van der Waals surface area contributed by atoms with Crippen LogP contribution in [0.5, 0.6) is 0 Å². The van der Waals surface area contributed by atoms with Gasteiger partial charge in [-0.2, -0.15) is 0 Å². The van der Waals surface area contributed by atoms with Crippen LogP contribution in [0, 0.1) is 5.41 Å². The Morgan fingerprint density at radius 2 is 1.88 bits per heavy atom. The average molecular weight is 218 g/mol. The monoisotopic (exact) mass is 218 g/mol. The summed E-state index contributed by atoms with van der Waals surface area (Å²) in [6.07, 6.45) is 8.14. The molecule has 0 aliphatic heterocycles. The predicted octanol–water partition coefficient (Wildman–Crippen LogP) is 4.24. The first-order chi connectivity index (χ1) is 7.32. The van der Waals surface area contributed by atoms with Gasteiger partial charge in [0, 0.05) is 11.8 Å². The molecular formula is C15H22O. The molecule has 16 heavy (non-hydrogen) atoms. The molecule has 0 amide bonds. The number of hydrogen-bond donors (Lipinski definition) is 0. The van der Waals surface area contributed by atoms with Crippen molar-refractivity contribution in [2.24, 2.45) is 5.41 Å². The van der Waals surface area contributed by atoms with Crippen LogP contribution in [0.4, 0.5) is 0 Å². The molecule has 88 valence electrons. The minimum Gasteiger partial charge on any atom is -0.294 e. The lowest BCUT2D eigenvalue weighted by Crippen LogP contribution is -2.21. The van der Waals surface area contributed by atoms with Gasteiger partial charge in [-0.3, -0.25) is 4.79 Å². The van der Waals surface area contributed by atoms with E-state index in [1.165, 1.54) is 0 Å². The third-order valence-corrected chi connectivity index (χ3v) is 2.13. The van der Waals surface area contributed by atoms with Gasteiger partial charge < -0.3 is 0 Å².